The summed E-state index contributed by atoms with van der Waals surface area (Å²) < 4.78 is 0. The lowest BCUT2D eigenvalue weighted by Gasteiger charge is -2.37. The summed E-state index contributed by atoms with van der Waals surface area (Å²) in [6.07, 6.45) is 1.90. The van der Waals surface area contributed by atoms with Gasteiger partial charge in [-0.1, -0.05) is 13.8 Å². The van der Waals surface area contributed by atoms with Crippen molar-refractivity contribution in [3.63, 3.8) is 0 Å². The van der Waals surface area contributed by atoms with Crippen molar-refractivity contribution in [2.24, 2.45) is 10.8 Å². The summed E-state index contributed by atoms with van der Waals surface area (Å²) in [4.78, 5) is 11.3. The summed E-state index contributed by atoms with van der Waals surface area (Å²) >= 11 is 0. The standard InChI is InChI=1S/C10H15NO/c1-9(2)4-8(12)5-10(3,6-9)7-11/h4-6H2,1-3H3/t10-/m0/s1. The van der Waals surface area contributed by atoms with Crippen molar-refractivity contribution in [1.29, 1.82) is 5.26 Å². The predicted molar refractivity (Wildman–Crippen MR) is 46.4 cm³/mol. The monoisotopic (exact) mass is 165 g/mol. The van der Waals surface area contributed by atoms with E-state index in [1.807, 2.05) is 6.92 Å². The lowest BCUT2D eigenvalue weighted by atomic mass is 9.65. The van der Waals surface area contributed by atoms with Crippen LogP contribution in [0.15, 0.2) is 0 Å². The summed E-state index contributed by atoms with van der Waals surface area (Å²) in [7, 11) is 0. The normalized spacial score (nSPS) is 34.3. The zero-order valence-electron chi connectivity index (χ0n) is 7.98. The second-order valence-corrected chi connectivity index (χ2v) is 4.91. The molecule has 1 aliphatic carbocycles. The van der Waals surface area contributed by atoms with Crippen LogP contribution in [0.1, 0.15) is 40.0 Å². The number of nitriles is 1. The van der Waals surface area contributed by atoms with Crippen molar-refractivity contribution < 1.29 is 4.79 Å². The molecule has 0 amide bonds. The molecule has 0 aromatic rings. The largest absolute Gasteiger partial charge is 0.300 e. The van der Waals surface area contributed by atoms with Crippen LogP contribution in [0.4, 0.5) is 0 Å². The van der Waals surface area contributed by atoms with Crippen LogP contribution in [-0.2, 0) is 4.79 Å². The fraction of sp³-hybridized carbons (Fsp3) is 0.800. The van der Waals surface area contributed by atoms with E-state index in [0.29, 0.717) is 12.8 Å². The van der Waals surface area contributed by atoms with Gasteiger partial charge in [-0.25, -0.2) is 0 Å². The van der Waals surface area contributed by atoms with Gasteiger partial charge in [0.1, 0.15) is 5.78 Å². The van der Waals surface area contributed by atoms with Crippen LogP contribution in [0.3, 0.4) is 0 Å². The average Bonchev–Trinajstić information content (AvgIpc) is 1.82. The van der Waals surface area contributed by atoms with Gasteiger partial charge in [0, 0.05) is 12.8 Å². The summed E-state index contributed by atoms with van der Waals surface area (Å²) in [6, 6.07) is 2.25. The van der Waals surface area contributed by atoms with Crippen molar-refractivity contribution in [2.75, 3.05) is 0 Å². The van der Waals surface area contributed by atoms with Crippen LogP contribution in [0.2, 0.25) is 0 Å². The van der Waals surface area contributed by atoms with E-state index in [1.165, 1.54) is 0 Å². The first kappa shape index (κ1) is 9.25. The highest BCUT2D eigenvalue weighted by Gasteiger charge is 2.40. The molecule has 0 bridgehead atoms. The average molecular weight is 165 g/mol. The SMILES string of the molecule is CC1(C)CC(=O)C[C@](C)(C#N)C1. The molecule has 0 saturated heterocycles. The van der Waals surface area contributed by atoms with E-state index in [9.17, 15) is 4.79 Å². The van der Waals surface area contributed by atoms with Gasteiger partial charge in [0.05, 0.1) is 11.5 Å². The molecular formula is C10H15NO. The van der Waals surface area contributed by atoms with E-state index >= 15 is 0 Å². The fourth-order valence-electron chi connectivity index (χ4n) is 2.29. The number of nitrogens with zero attached hydrogens (tertiary/aromatic N) is 1. The van der Waals surface area contributed by atoms with Gasteiger partial charge in [-0.05, 0) is 18.8 Å². The van der Waals surface area contributed by atoms with Crippen LogP contribution in [0, 0.1) is 22.2 Å². The molecule has 0 aromatic carbocycles. The van der Waals surface area contributed by atoms with Crippen LogP contribution >= 0.6 is 0 Å². The summed E-state index contributed by atoms with van der Waals surface area (Å²) in [5.74, 6) is 0.232. The van der Waals surface area contributed by atoms with E-state index in [4.69, 9.17) is 5.26 Å². The topological polar surface area (TPSA) is 40.9 Å². The molecule has 0 N–H and O–H groups in total. The van der Waals surface area contributed by atoms with E-state index in [0.717, 1.165) is 6.42 Å². The second kappa shape index (κ2) is 2.58. The van der Waals surface area contributed by atoms with Crippen molar-refractivity contribution >= 4 is 5.78 Å². The predicted octanol–water partition coefficient (Wildman–Crippen LogP) is 2.30. The molecule has 1 fully saturated rings. The van der Waals surface area contributed by atoms with Gasteiger partial charge in [0.25, 0.3) is 0 Å². The van der Waals surface area contributed by atoms with Crippen LogP contribution in [0.5, 0.6) is 0 Å². The van der Waals surface area contributed by atoms with Gasteiger partial charge < -0.3 is 0 Å². The molecule has 0 radical (unpaired) electrons. The third-order valence-electron chi connectivity index (χ3n) is 2.40. The van der Waals surface area contributed by atoms with Gasteiger partial charge in [-0.15, -0.1) is 0 Å². The molecule has 66 valence electrons. The minimum absolute atomic E-state index is 0.0137. The van der Waals surface area contributed by atoms with Crippen molar-refractivity contribution in [1.82, 2.24) is 0 Å². The maximum absolute atomic E-state index is 11.3. The fourth-order valence-corrected chi connectivity index (χ4v) is 2.29. The quantitative estimate of drug-likeness (QED) is 0.552. The molecule has 0 heterocycles. The summed E-state index contributed by atoms with van der Waals surface area (Å²) in [6.45, 7) is 5.99. The first-order valence-corrected chi connectivity index (χ1v) is 4.30. The lowest BCUT2D eigenvalue weighted by Crippen LogP contribution is -2.34. The second-order valence-electron chi connectivity index (χ2n) is 4.91. The zero-order chi connectivity index (χ0) is 9.41. The van der Waals surface area contributed by atoms with E-state index in [1.54, 1.807) is 0 Å². The van der Waals surface area contributed by atoms with Crippen LogP contribution in [-0.4, -0.2) is 5.78 Å². The van der Waals surface area contributed by atoms with Gasteiger partial charge in [0.15, 0.2) is 0 Å². The van der Waals surface area contributed by atoms with E-state index < -0.39 is 5.41 Å². The highest BCUT2D eigenvalue weighted by Crippen LogP contribution is 2.43. The van der Waals surface area contributed by atoms with Crippen LogP contribution in [0.25, 0.3) is 0 Å². The number of rotatable bonds is 0. The van der Waals surface area contributed by atoms with Crippen molar-refractivity contribution in [2.45, 2.75) is 40.0 Å². The lowest BCUT2D eigenvalue weighted by molar-refractivity contribution is -0.126. The van der Waals surface area contributed by atoms with Gasteiger partial charge in [-0.2, -0.15) is 5.26 Å². The third kappa shape index (κ3) is 1.85. The first-order chi connectivity index (χ1) is 5.37. The minimum atomic E-state index is -0.418. The summed E-state index contributed by atoms with van der Waals surface area (Å²) in [5.41, 5.74) is -0.404. The number of hydrogen-bond acceptors (Lipinski definition) is 2. The molecule has 0 unspecified atom stereocenters. The Morgan fingerprint density at radius 1 is 1.33 bits per heavy atom. The number of carbonyl (C=O) groups excluding carboxylic acids is 1. The number of ketones is 1. The minimum Gasteiger partial charge on any atom is -0.300 e. The molecule has 0 aliphatic heterocycles. The molecular weight excluding hydrogens is 150 g/mol. The number of carbonyl (C=O) groups is 1. The third-order valence-corrected chi connectivity index (χ3v) is 2.40. The maximum atomic E-state index is 11.3. The molecule has 0 aromatic heterocycles. The Hall–Kier alpha value is -0.840. The molecule has 1 saturated carbocycles. The Bertz CT molecular complexity index is 249. The Labute approximate surface area is 73.6 Å². The molecule has 1 atom stereocenters. The molecule has 1 aliphatic rings. The molecule has 1 rings (SSSR count). The Morgan fingerprint density at radius 3 is 2.33 bits per heavy atom. The van der Waals surface area contributed by atoms with Crippen LogP contribution < -0.4 is 0 Å². The summed E-state index contributed by atoms with van der Waals surface area (Å²) in [5, 5.41) is 8.90. The molecule has 2 nitrogen and oxygen atoms in total. The van der Waals surface area contributed by atoms with Gasteiger partial charge >= 0.3 is 0 Å². The van der Waals surface area contributed by atoms with E-state index in [-0.39, 0.29) is 11.2 Å². The number of hydrogen-bond donors (Lipinski definition) is 0. The Balaban J connectivity index is 2.86. The Kier molecular flexibility index (Phi) is 1.99. The maximum Gasteiger partial charge on any atom is 0.135 e. The first-order valence-electron chi connectivity index (χ1n) is 4.30. The Morgan fingerprint density at radius 2 is 1.92 bits per heavy atom. The zero-order valence-corrected chi connectivity index (χ0v) is 7.98. The van der Waals surface area contributed by atoms with Gasteiger partial charge in [0.2, 0.25) is 0 Å². The molecule has 0 spiro atoms. The van der Waals surface area contributed by atoms with E-state index in [2.05, 4.69) is 19.9 Å². The van der Waals surface area contributed by atoms with Crippen molar-refractivity contribution in [3.05, 3.63) is 0 Å². The highest BCUT2D eigenvalue weighted by atomic mass is 16.1. The molecule has 12 heavy (non-hydrogen) atoms. The molecule has 2 heteroatoms. The highest BCUT2D eigenvalue weighted by molar-refractivity contribution is 5.81. The van der Waals surface area contributed by atoms with Crippen molar-refractivity contribution in [3.8, 4) is 6.07 Å². The van der Waals surface area contributed by atoms with Gasteiger partial charge in [-0.3, -0.25) is 4.79 Å². The smallest absolute Gasteiger partial charge is 0.135 e. The number of Topliss-reactive ketones (excluding diaryl/α,β-unsaturated/α-hetero) is 1.